The van der Waals surface area contributed by atoms with Crippen molar-refractivity contribution in [3.8, 4) is 5.88 Å². The first-order valence-electron chi connectivity index (χ1n) is 5.23. The van der Waals surface area contributed by atoms with Crippen molar-refractivity contribution in [2.75, 3.05) is 18.2 Å². The summed E-state index contributed by atoms with van der Waals surface area (Å²) in [6, 6.07) is 9.37. The van der Waals surface area contributed by atoms with Crippen LogP contribution in [-0.2, 0) is 6.54 Å². The summed E-state index contributed by atoms with van der Waals surface area (Å²) in [4.78, 5) is 8.24. The lowest BCUT2D eigenvalue weighted by Gasteiger charge is -2.06. The molecule has 2 rings (SSSR count). The molecular weight excluding hydrogens is 216 g/mol. The van der Waals surface area contributed by atoms with Gasteiger partial charge in [0, 0.05) is 24.5 Å². The molecule has 5 nitrogen and oxygen atoms in total. The standard InChI is InChI=1S/C12H14N4O/c1-17-11-5-6-14-12(16-11)15-8-9-3-2-4-10(13)7-9/h2-7H,8,13H2,1H3,(H,14,15,16). The van der Waals surface area contributed by atoms with Crippen molar-refractivity contribution in [2.45, 2.75) is 6.54 Å². The van der Waals surface area contributed by atoms with Gasteiger partial charge in [-0.25, -0.2) is 4.98 Å². The zero-order chi connectivity index (χ0) is 12.1. The van der Waals surface area contributed by atoms with Crippen LogP contribution in [0.15, 0.2) is 36.5 Å². The Bertz CT molecular complexity index is 501. The second-order valence-electron chi connectivity index (χ2n) is 3.52. The van der Waals surface area contributed by atoms with E-state index in [0.717, 1.165) is 11.3 Å². The fraction of sp³-hybridized carbons (Fsp3) is 0.167. The number of hydrogen-bond donors (Lipinski definition) is 2. The zero-order valence-corrected chi connectivity index (χ0v) is 9.55. The monoisotopic (exact) mass is 230 g/mol. The predicted molar refractivity (Wildman–Crippen MR) is 66.8 cm³/mol. The van der Waals surface area contributed by atoms with Gasteiger partial charge in [-0.3, -0.25) is 0 Å². The average molecular weight is 230 g/mol. The fourth-order valence-electron chi connectivity index (χ4n) is 1.43. The number of rotatable bonds is 4. The topological polar surface area (TPSA) is 73.1 Å². The quantitative estimate of drug-likeness (QED) is 0.782. The lowest BCUT2D eigenvalue weighted by atomic mass is 10.2. The number of ether oxygens (including phenoxy) is 1. The van der Waals surface area contributed by atoms with E-state index in [2.05, 4.69) is 15.3 Å². The van der Waals surface area contributed by atoms with E-state index in [4.69, 9.17) is 10.5 Å². The normalized spacial score (nSPS) is 9.94. The third-order valence-corrected chi connectivity index (χ3v) is 2.24. The predicted octanol–water partition coefficient (Wildman–Crippen LogP) is 1.68. The summed E-state index contributed by atoms with van der Waals surface area (Å²) in [5.41, 5.74) is 7.52. The molecule has 3 N–H and O–H groups in total. The molecule has 1 aromatic carbocycles. The number of anilines is 2. The number of nitrogens with two attached hydrogens (primary N) is 1. The highest BCUT2D eigenvalue weighted by molar-refractivity contribution is 5.41. The highest BCUT2D eigenvalue weighted by Gasteiger charge is 1.99. The van der Waals surface area contributed by atoms with E-state index in [0.29, 0.717) is 18.4 Å². The smallest absolute Gasteiger partial charge is 0.226 e. The summed E-state index contributed by atoms with van der Waals surface area (Å²) in [5.74, 6) is 1.07. The van der Waals surface area contributed by atoms with Gasteiger partial charge < -0.3 is 15.8 Å². The molecule has 0 amide bonds. The maximum atomic E-state index is 5.69. The van der Waals surface area contributed by atoms with E-state index in [1.165, 1.54) is 0 Å². The van der Waals surface area contributed by atoms with Crippen molar-refractivity contribution >= 4 is 11.6 Å². The van der Waals surface area contributed by atoms with Gasteiger partial charge in [0.2, 0.25) is 11.8 Å². The molecule has 0 saturated carbocycles. The third kappa shape index (κ3) is 3.07. The molecule has 88 valence electrons. The molecule has 0 spiro atoms. The van der Waals surface area contributed by atoms with Gasteiger partial charge in [0.15, 0.2) is 0 Å². The molecule has 0 fully saturated rings. The first kappa shape index (κ1) is 11.2. The van der Waals surface area contributed by atoms with Crippen LogP contribution < -0.4 is 15.8 Å². The van der Waals surface area contributed by atoms with Crippen LogP contribution in [0, 0.1) is 0 Å². The van der Waals surface area contributed by atoms with Gasteiger partial charge in [-0.15, -0.1) is 0 Å². The van der Waals surface area contributed by atoms with Crippen LogP contribution in [0.4, 0.5) is 11.6 Å². The number of nitrogens with zero attached hydrogens (tertiary/aromatic N) is 2. The molecule has 0 saturated heterocycles. The van der Waals surface area contributed by atoms with Crippen LogP contribution in [0.2, 0.25) is 0 Å². The molecule has 0 bridgehead atoms. The van der Waals surface area contributed by atoms with Gasteiger partial charge in [-0.1, -0.05) is 12.1 Å². The summed E-state index contributed by atoms with van der Waals surface area (Å²) >= 11 is 0. The molecule has 1 aromatic heterocycles. The van der Waals surface area contributed by atoms with E-state index >= 15 is 0 Å². The molecule has 0 aliphatic heterocycles. The molecule has 0 radical (unpaired) electrons. The first-order chi connectivity index (χ1) is 8.28. The molecule has 0 aliphatic carbocycles. The lowest BCUT2D eigenvalue weighted by Crippen LogP contribution is -2.04. The van der Waals surface area contributed by atoms with E-state index in [-0.39, 0.29) is 0 Å². The van der Waals surface area contributed by atoms with Gasteiger partial charge >= 0.3 is 0 Å². The maximum absolute atomic E-state index is 5.69. The Balaban J connectivity index is 2.02. The summed E-state index contributed by atoms with van der Waals surface area (Å²) in [7, 11) is 1.57. The second kappa shape index (κ2) is 5.16. The van der Waals surface area contributed by atoms with Crippen molar-refractivity contribution in [1.29, 1.82) is 0 Å². The molecule has 1 heterocycles. The number of nitrogens with one attached hydrogen (secondary N) is 1. The average Bonchev–Trinajstić information content (AvgIpc) is 2.37. The number of benzene rings is 1. The van der Waals surface area contributed by atoms with Crippen molar-refractivity contribution < 1.29 is 4.74 Å². The summed E-state index contributed by atoms with van der Waals surface area (Å²) in [5, 5.41) is 3.11. The molecule has 0 atom stereocenters. The molecule has 5 heteroatoms. The molecule has 0 aliphatic rings. The minimum absolute atomic E-state index is 0.534. The maximum Gasteiger partial charge on any atom is 0.226 e. The Hall–Kier alpha value is -2.30. The van der Waals surface area contributed by atoms with Gasteiger partial charge in [0.1, 0.15) is 0 Å². The SMILES string of the molecule is COc1ccnc(NCc2cccc(N)c2)n1. The fourth-order valence-corrected chi connectivity index (χ4v) is 1.43. The summed E-state index contributed by atoms with van der Waals surface area (Å²) in [6.07, 6.45) is 1.65. The van der Waals surface area contributed by atoms with Crippen molar-refractivity contribution in [3.05, 3.63) is 42.1 Å². The van der Waals surface area contributed by atoms with Crippen molar-refractivity contribution in [2.24, 2.45) is 0 Å². The highest BCUT2D eigenvalue weighted by Crippen LogP contribution is 2.10. The van der Waals surface area contributed by atoms with Gasteiger partial charge in [-0.05, 0) is 17.7 Å². The Morgan fingerprint density at radius 2 is 2.24 bits per heavy atom. The minimum atomic E-state index is 0.534. The van der Waals surface area contributed by atoms with Crippen molar-refractivity contribution in [1.82, 2.24) is 9.97 Å². The Morgan fingerprint density at radius 3 is 3.00 bits per heavy atom. The first-order valence-corrected chi connectivity index (χ1v) is 5.23. The van der Waals surface area contributed by atoms with Crippen LogP contribution in [0.25, 0.3) is 0 Å². The highest BCUT2D eigenvalue weighted by atomic mass is 16.5. The van der Waals surface area contributed by atoms with Crippen LogP contribution >= 0.6 is 0 Å². The van der Waals surface area contributed by atoms with Gasteiger partial charge in [-0.2, -0.15) is 4.98 Å². The summed E-state index contributed by atoms with van der Waals surface area (Å²) in [6.45, 7) is 0.623. The van der Waals surface area contributed by atoms with Gasteiger partial charge in [0.25, 0.3) is 0 Å². The van der Waals surface area contributed by atoms with Crippen molar-refractivity contribution in [3.63, 3.8) is 0 Å². The van der Waals surface area contributed by atoms with E-state index in [1.54, 1.807) is 19.4 Å². The molecular formula is C12H14N4O. The zero-order valence-electron chi connectivity index (χ0n) is 9.55. The Labute approximate surface area is 99.7 Å². The van der Waals surface area contributed by atoms with Crippen LogP contribution in [0.3, 0.4) is 0 Å². The largest absolute Gasteiger partial charge is 0.481 e. The third-order valence-electron chi connectivity index (χ3n) is 2.24. The minimum Gasteiger partial charge on any atom is -0.481 e. The Kier molecular flexibility index (Phi) is 3.40. The second-order valence-corrected chi connectivity index (χ2v) is 3.52. The lowest BCUT2D eigenvalue weighted by molar-refractivity contribution is 0.397. The van der Waals surface area contributed by atoms with E-state index in [1.807, 2.05) is 24.3 Å². The van der Waals surface area contributed by atoms with Crippen LogP contribution in [0.1, 0.15) is 5.56 Å². The molecule has 17 heavy (non-hydrogen) atoms. The molecule has 0 unspecified atom stereocenters. The Morgan fingerprint density at radius 1 is 1.35 bits per heavy atom. The van der Waals surface area contributed by atoms with E-state index < -0.39 is 0 Å². The van der Waals surface area contributed by atoms with E-state index in [9.17, 15) is 0 Å². The van der Waals surface area contributed by atoms with Gasteiger partial charge in [0.05, 0.1) is 7.11 Å². The van der Waals surface area contributed by atoms with Crippen LogP contribution in [-0.4, -0.2) is 17.1 Å². The van der Waals surface area contributed by atoms with Crippen LogP contribution in [0.5, 0.6) is 5.88 Å². The number of aromatic nitrogens is 2. The number of nitrogen functional groups attached to an aromatic ring is 1. The number of methoxy groups -OCH3 is 1. The molecule has 2 aromatic rings. The summed E-state index contributed by atoms with van der Waals surface area (Å²) < 4.78 is 5.01. The number of hydrogen-bond acceptors (Lipinski definition) is 5.